The Hall–Kier alpha value is 0.220. The molecule has 0 unspecified atom stereocenters. The lowest BCUT2D eigenvalue weighted by Crippen LogP contribution is -2.24. The summed E-state index contributed by atoms with van der Waals surface area (Å²) < 4.78 is 30.2. The maximum atomic E-state index is 10.0. The van der Waals surface area contributed by atoms with Gasteiger partial charge in [0.1, 0.15) is 0 Å². The Balaban J connectivity index is 3.21. The minimum atomic E-state index is -3.97. The first-order valence-electron chi connectivity index (χ1n) is 2.86. The quantitative estimate of drug-likeness (QED) is 0.472. The average Bonchev–Trinajstić information content (AvgIpc) is 1.78. The highest BCUT2D eigenvalue weighted by Crippen LogP contribution is 1.95. The van der Waals surface area contributed by atoms with Crippen LogP contribution < -0.4 is 4.72 Å². The van der Waals surface area contributed by atoms with Gasteiger partial charge in [0.05, 0.1) is 0 Å². The Bertz CT molecular complexity index is 165. The van der Waals surface area contributed by atoms with Crippen molar-refractivity contribution >= 4 is 22.1 Å². The van der Waals surface area contributed by atoms with Gasteiger partial charge in [0, 0.05) is 12.3 Å². The second kappa shape index (κ2) is 4.95. The van der Waals surface area contributed by atoms with Crippen LogP contribution in [-0.2, 0) is 10.3 Å². The van der Waals surface area contributed by atoms with Gasteiger partial charge in [-0.1, -0.05) is 6.92 Å². The number of hydrogen-bond donors (Lipinski definition) is 2. The maximum absolute atomic E-state index is 10.0. The molecule has 0 aromatic heterocycles. The molecule has 0 fully saturated rings. The lowest BCUT2D eigenvalue weighted by molar-refractivity contribution is 0.470. The van der Waals surface area contributed by atoms with Crippen molar-refractivity contribution in [3.8, 4) is 0 Å². The van der Waals surface area contributed by atoms with E-state index in [1.165, 1.54) is 0 Å². The highest BCUT2D eigenvalue weighted by molar-refractivity contribution is 7.99. The summed E-state index contributed by atoms with van der Waals surface area (Å²) in [5.74, 6) is 1.64. The van der Waals surface area contributed by atoms with Crippen LogP contribution in [0.3, 0.4) is 0 Å². The maximum Gasteiger partial charge on any atom is 0.333 e. The lowest BCUT2D eigenvalue weighted by Gasteiger charge is -1.97. The zero-order valence-corrected chi connectivity index (χ0v) is 7.33. The van der Waals surface area contributed by atoms with Crippen molar-refractivity contribution in [2.75, 3.05) is 18.1 Å². The van der Waals surface area contributed by atoms with Crippen LogP contribution in [0.2, 0.25) is 0 Å². The van der Waals surface area contributed by atoms with Crippen molar-refractivity contribution in [1.29, 1.82) is 0 Å². The van der Waals surface area contributed by atoms with E-state index in [4.69, 9.17) is 4.55 Å². The molecule has 0 saturated carbocycles. The Morgan fingerprint density at radius 3 is 2.60 bits per heavy atom. The molecule has 2 N–H and O–H groups in total. The minimum absolute atomic E-state index is 0.289. The fraction of sp³-hybridized carbons (Fsp3) is 1.00. The molecular weight excluding hydrogens is 174 g/mol. The van der Waals surface area contributed by atoms with Crippen molar-refractivity contribution in [1.82, 2.24) is 4.72 Å². The number of hydrogen-bond acceptors (Lipinski definition) is 3. The molecule has 0 spiro atoms. The molecule has 0 rings (SSSR count). The van der Waals surface area contributed by atoms with Gasteiger partial charge in [-0.15, -0.1) is 0 Å². The summed E-state index contributed by atoms with van der Waals surface area (Å²) in [5, 5.41) is 0. The van der Waals surface area contributed by atoms with Crippen molar-refractivity contribution in [2.24, 2.45) is 0 Å². The summed E-state index contributed by atoms with van der Waals surface area (Å²) in [5.41, 5.74) is 0. The molecule has 0 aliphatic rings. The molecule has 10 heavy (non-hydrogen) atoms. The normalized spacial score (nSPS) is 11.8. The molecule has 0 radical (unpaired) electrons. The Morgan fingerprint density at radius 1 is 1.60 bits per heavy atom. The molecule has 62 valence electrons. The molecule has 0 aromatic rings. The van der Waals surface area contributed by atoms with E-state index in [9.17, 15) is 8.42 Å². The van der Waals surface area contributed by atoms with E-state index in [1.54, 1.807) is 11.8 Å². The van der Waals surface area contributed by atoms with Crippen molar-refractivity contribution in [3.05, 3.63) is 0 Å². The van der Waals surface area contributed by atoms with E-state index in [0.717, 1.165) is 5.75 Å². The largest absolute Gasteiger partial charge is 0.333 e. The van der Waals surface area contributed by atoms with Gasteiger partial charge in [-0.25, -0.2) is 0 Å². The Labute approximate surface area is 65.3 Å². The fourth-order valence-electron chi connectivity index (χ4n) is 0.387. The average molecular weight is 185 g/mol. The molecule has 0 atom stereocenters. The third kappa shape index (κ3) is 8.22. The third-order valence-corrected chi connectivity index (χ3v) is 2.20. The summed E-state index contributed by atoms with van der Waals surface area (Å²) in [6.45, 7) is 2.27. The van der Waals surface area contributed by atoms with Gasteiger partial charge in [-0.3, -0.25) is 4.55 Å². The van der Waals surface area contributed by atoms with Gasteiger partial charge in [-0.2, -0.15) is 24.9 Å². The highest BCUT2D eigenvalue weighted by Gasteiger charge is 1.99. The SMILES string of the molecule is CCSCCNS(=O)(=O)O. The Kier molecular flexibility index (Phi) is 5.06. The van der Waals surface area contributed by atoms with E-state index in [1.807, 2.05) is 11.6 Å². The van der Waals surface area contributed by atoms with Crippen molar-refractivity contribution < 1.29 is 13.0 Å². The van der Waals surface area contributed by atoms with E-state index < -0.39 is 10.3 Å². The molecule has 0 amide bonds. The second-order valence-electron chi connectivity index (χ2n) is 1.57. The smallest absolute Gasteiger partial charge is 0.273 e. The monoisotopic (exact) mass is 185 g/mol. The van der Waals surface area contributed by atoms with Gasteiger partial charge in [-0.05, 0) is 5.75 Å². The molecule has 6 heteroatoms. The van der Waals surface area contributed by atoms with Crippen LogP contribution >= 0.6 is 11.8 Å². The van der Waals surface area contributed by atoms with Gasteiger partial charge >= 0.3 is 10.3 Å². The van der Waals surface area contributed by atoms with Crippen LogP contribution in [0, 0.1) is 0 Å². The lowest BCUT2D eigenvalue weighted by atomic mass is 10.8. The molecule has 4 nitrogen and oxygen atoms in total. The van der Waals surface area contributed by atoms with Crippen molar-refractivity contribution in [3.63, 3.8) is 0 Å². The molecule has 0 saturated heterocycles. The third-order valence-electron chi connectivity index (χ3n) is 0.735. The summed E-state index contributed by atoms with van der Waals surface area (Å²) in [7, 11) is -3.97. The zero-order valence-electron chi connectivity index (χ0n) is 5.70. The minimum Gasteiger partial charge on any atom is -0.273 e. The van der Waals surface area contributed by atoms with Crippen LogP contribution in [0.1, 0.15) is 6.92 Å². The molecule has 0 aliphatic heterocycles. The molecule has 0 bridgehead atoms. The van der Waals surface area contributed by atoms with Crippen molar-refractivity contribution in [2.45, 2.75) is 6.92 Å². The first-order valence-corrected chi connectivity index (χ1v) is 5.45. The fourth-order valence-corrected chi connectivity index (χ4v) is 1.41. The number of nitrogens with one attached hydrogen (secondary N) is 1. The standard InChI is InChI=1S/C4H11NO3S2/c1-2-9-4-3-5-10(6,7)8/h5H,2-4H2,1H3,(H,6,7,8). The summed E-state index contributed by atoms with van der Waals surface area (Å²) >= 11 is 1.61. The Morgan fingerprint density at radius 2 is 2.20 bits per heavy atom. The molecule has 0 heterocycles. The van der Waals surface area contributed by atoms with E-state index in [2.05, 4.69) is 0 Å². The van der Waals surface area contributed by atoms with E-state index >= 15 is 0 Å². The van der Waals surface area contributed by atoms with E-state index in [-0.39, 0.29) is 6.54 Å². The second-order valence-corrected chi connectivity index (χ2v) is 4.20. The van der Waals surface area contributed by atoms with Crippen LogP contribution in [-0.4, -0.2) is 31.0 Å². The van der Waals surface area contributed by atoms with E-state index in [0.29, 0.717) is 5.75 Å². The van der Waals surface area contributed by atoms with Crippen LogP contribution in [0.25, 0.3) is 0 Å². The predicted octanol–water partition coefficient (Wildman–Crippen LogP) is 0.132. The molecule has 0 aromatic carbocycles. The molecule has 0 aliphatic carbocycles. The zero-order chi connectivity index (χ0) is 8.04. The first-order chi connectivity index (χ1) is 4.56. The van der Waals surface area contributed by atoms with Gasteiger partial charge < -0.3 is 0 Å². The number of thioether (sulfide) groups is 1. The van der Waals surface area contributed by atoms with Gasteiger partial charge in [0.25, 0.3) is 0 Å². The van der Waals surface area contributed by atoms with Crippen LogP contribution in [0.15, 0.2) is 0 Å². The van der Waals surface area contributed by atoms with Crippen LogP contribution in [0.5, 0.6) is 0 Å². The molecular formula is C4H11NO3S2. The predicted molar refractivity (Wildman–Crippen MR) is 42.6 cm³/mol. The van der Waals surface area contributed by atoms with Gasteiger partial charge in [0.2, 0.25) is 0 Å². The topological polar surface area (TPSA) is 66.4 Å². The summed E-state index contributed by atoms with van der Waals surface area (Å²) in [4.78, 5) is 0. The van der Waals surface area contributed by atoms with Crippen LogP contribution in [0.4, 0.5) is 0 Å². The van der Waals surface area contributed by atoms with Gasteiger partial charge in [0.15, 0.2) is 0 Å². The summed E-state index contributed by atoms with van der Waals surface area (Å²) in [6, 6.07) is 0. The summed E-state index contributed by atoms with van der Waals surface area (Å²) in [6.07, 6.45) is 0. The number of rotatable bonds is 5. The first kappa shape index (κ1) is 10.2. The highest BCUT2D eigenvalue weighted by atomic mass is 32.2.